The summed E-state index contributed by atoms with van der Waals surface area (Å²) >= 11 is 0. The zero-order chi connectivity index (χ0) is 37.4. The minimum Gasteiger partial charge on any atom is -0.0622 e. The molecule has 13 aromatic carbocycles. The highest BCUT2D eigenvalue weighted by Crippen LogP contribution is 2.56. The minimum absolute atomic E-state index is 1.24. The van der Waals surface area contributed by atoms with Gasteiger partial charge in [-0.2, -0.15) is 0 Å². The highest BCUT2D eigenvalue weighted by molar-refractivity contribution is 6.46. The van der Waals surface area contributed by atoms with Crippen molar-refractivity contribution in [2.45, 2.75) is 6.92 Å². The van der Waals surface area contributed by atoms with Crippen molar-refractivity contribution < 1.29 is 0 Å². The van der Waals surface area contributed by atoms with Gasteiger partial charge in [0, 0.05) is 0 Å². The van der Waals surface area contributed by atoms with Gasteiger partial charge in [-0.1, -0.05) is 164 Å². The van der Waals surface area contributed by atoms with E-state index in [2.05, 4.69) is 195 Å². The number of rotatable bonds is 3. The summed E-state index contributed by atoms with van der Waals surface area (Å²) in [5.41, 5.74) is 8.96. The van der Waals surface area contributed by atoms with Crippen LogP contribution < -0.4 is 0 Å². The lowest BCUT2D eigenvalue weighted by Crippen LogP contribution is -1.91. The van der Waals surface area contributed by atoms with E-state index in [0.717, 1.165) is 0 Å². The van der Waals surface area contributed by atoms with Crippen molar-refractivity contribution in [3.05, 3.63) is 194 Å². The van der Waals surface area contributed by atoms with E-state index in [-0.39, 0.29) is 0 Å². The molecule has 13 rings (SSSR count). The smallest absolute Gasteiger partial charge is 0.000697 e. The first-order valence-electron chi connectivity index (χ1n) is 20.0. The standard InChI is InChI=1S/C57H34/c1-33-27-28-34-15-8-11-22-40(34)50(33)38-30-45-39-21-10-9-20-37(39)29-47-54(45)48(31-38)56-51(35-16-4-2-5-17-35)49-32-46-42-24-13-12-23-41(42)43-25-14-26-44(53(43)46)55(49)52(57(47)56)36-18-6-3-7-19-36/h2-32H,1H3. The van der Waals surface area contributed by atoms with E-state index in [9.17, 15) is 0 Å². The largest absolute Gasteiger partial charge is 0.0622 e. The van der Waals surface area contributed by atoms with Crippen LogP contribution in [0.2, 0.25) is 0 Å². The Hall–Kier alpha value is -7.28. The molecular formula is C57H34. The van der Waals surface area contributed by atoms with E-state index in [1.54, 1.807) is 0 Å². The molecule has 0 aliphatic heterocycles. The van der Waals surface area contributed by atoms with Crippen LogP contribution in [0.15, 0.2) is 188 Å². The molecule has 0 saturated carbocycles. The van der Waals surface area contributed by atoms with Gasteiger partial charge in [0.25, 0.3) is 0 Å². The molecule has 0 saturated heterocycles. The lowest BCUT2D eigenvalue weighted by Gasteiger charge is -2.19. The van der Waals surface area contributed by atoms with Gasteiger partial charge in [-0.05, 0) is 167 Å². The van der Waals surface area contributed by atoms with Gasteiger partial charge in [-0.3, -0.25) is 0 Å². The van der Waals surface area contributed by atoms with Crippen LogP contribution in [0.4, 0.5) is 0 Å². The molecule has 13 aromatic rings. The van der Waals surface area contributed by atoms with Crippen molar-refractivity contribution >= 4 is 97.0 Å². The number of hydrogen-bond donors (Lipinski definition) is 0. The summed E-state index contributed by atoms with van der Waals surface area (Å²) in [6, 6.07) is 70.8. The molecule has 57 heavy (non-hydrogen) atoms. The van der Waals surface area contributed by atoms with Crippen LogP contribution in [0.5, 0.6) is 0 Å². The van der Waals surface area contributed by atoms with Crippen molar-refractivity contribution in [2.24, 2.45) is 0 Å². The Bertz CT molecular complexity index is 3780. The first kappa shape index (κ1) is 31.0. The maximum atomic E-state index is 2.54. The second-order valence-electron chi connectivity index (χ2n) is 15.9. The summed E-state index contributed by atoms with van der Waals surface area (Å²) in [6.45, 7) is 2.27. The number of benzene rings is 11. The first-order chi connectivity index (χ1) is 28.2. The third-order valence-electron chi connectivity index (χ3n) is 13.0. The van der Waals surface area contributed by atoms with Crippen molar-refractivity contribution in [3.63, 3.8) is 0 Å². The Morgan fingerprint density at radius 2 is 0.754 bits per heavy atom. The fraction of sp³-hybridized carbons (Fsp3) is 0.0175. The van der Waals surface area contributed by atoms with Crippen LogP contribution >= 0.6 is 0 Å². The third-order valence-corrected chi connectivity index (χ3v) is 13.0. The number of hydrogen-bond acceptors (Lipinski definition) is 0. The van der Waals surface area contributed by atoms with Crippen molar-refractivity contribution in [2.75, 3.05) is 0 Å². The lowest BCUT2D eigenvalue weighted by molar-refractivity contribution is 1.50. The van der Waals surface area contributed by atoms with E-state index < -0.39 is 0 Å². The summed E-state index contributed by atoms with van der Waals surface area (Å²) in [5, 5.41) is 23.6. The van der Waals surface area contributed by atoms with E-state index in [0.29, 0.717) is 0 Å². The van der Waals surface area contributed by atoms with Gasteiger partial charge in [0.05, 0.1) is 0 Å². The van der Waals surface area contributed by atoms with Gasteiger partial charge in [-0.25, -0.2) is 0 Å². The van der Waals surface area contributed by atoms with E-state index >= 15 is 0 Å². The van der Waals surface area contributed by atoms with Gasteiger partial charge < -0.3 is 0 Å². The number of fused-ring (bicyclic) bond motifs is 11. The van der Waals surface area contributed by atoms with Crippen LogP contribution in [0.1, 0.15) is 5.56 Å². The van der Waals surface area contributed by atoms with Crippen molar-refractivity contribution in [1.29, 1.82) is 0 Å². The Morgan fingerprint density at radius 1 is 0.228 bits per heavy atom. The molecular weight excluding hydrogens is 685 g/mol. The monoisotopic (exact) mass is 718 g/mol. The molecule has 0 nitrogen and oxygen atoms in total. The maximum Gasteiger partial charge on any atom is -0.000697 e. The fourth-order valence-corrected chi connectivity index (χ4v) is 10.7. The molecule has 0 radical (unpaired) electrons. The average molecular weight is 719 g/mol. The fourth-order valence-electron chi connectivity index (χ4n) is 10.7. The van der Waals surface area contributed by atoms with Crippen LogP contribution in [-0.4, -0.2) is 0 Å². The molecule has 0 amide bonds. The van der Waals surface area contributed by atoms with Crippen LogP contribution in [0, 0.1) is 6.92 Å². The summed E-state index contributed by atoms with van der Waals surface area (Å²) in [4.78, 5) is 0. The molecule has 0 aliphatic rings. The third kappa shape index (κ3) is 4.12. The summed E-state index contributed by atoms with van der Waals surface area (Å²) in [5.74, 6) is 0. The van der Waals surface area contributed by atoms with Crippen molar-refractivity contribution in [3.8, 4) is 33.4 Å². The lowest BCUT2D eigenvalue weighted by atomic mass is 9.83. The Kier molecular flexibility index (Phi) is 6.19. The molecule has 0 aliphatic carbocycles. The number of aryl methyl sites for hydroxylation is 1. The predicted molar refractivity (Wildman–Crippen MR) is 247 cm³/mol. The van der Waals surface area contributed by atoms with Crippen LogP contribution in [0.3, 0.4) is 0 Å². The van der Waals surface area contributed by atoms with Gasteiger partial charge in [0.2, 0.25) is 0 Å². The van der Waals surface area contributed by atoms with Gasteiger partial charge in [0.15, 0.2) is 0 Å². The molecule has 0 atom stereocenters. The topological polar surface area (TPSA) is 0 Å². The summed E-state index contributed by atoms with van der Waals surface area (Å²) in [6.07, 6.45) is 0. The average Bonchev–Trinajstić information content (AvgIpc) is 3.76. The second-order valence-corrected chi connectivity index (χ2v) is 15.9. The molecule has 0 heterocycles. The molecule has 0 heteroatoms. The molecule has 0 aromatic heterocycles. The summed E-state index contributed by atoms with van der Waals surface area (Å²) in [7, 11) is 0. The zero-order valence-electron chi connectivity index (χ0n) is 31.4. The second kappa shape index (κ2) is 11.4. The quantitative estimate of drug-likeness (QED) is 0.160. The van der Waals surface area contributed by atoms with E-state index in [1.807, 2.05) is 0 Å². The Labute approximate surface area is 329 Å². The first-order valence-corrected chi connectivity index (χ1v) is 20.0. The maximum absolute atomic E-state index is 2.54. The van der Waals surface area contributed by atoms with E-state index in [1.165, 1.54) is 136 Å². The SMILES string of the molecule is Cc1ccc2ccccc2c1-c1cc2c3ccccc3cc3c4c(-c5ccccc5)c5c(cc6c7ccccc7c7cccc5c76)c(-c5ccccc5)c4c(c1)c23. The normalized spacial score (nSPS) is 12.3. The minimum atomic E-state index is 1.24. The predicted octanol–water partition coefficient (Wildman–Crippen LogP) is 16.3. The Morgan fingerprint density at radius 3 is 1.53 bits per heavy atom. The van der Waals surface area contributed by atoms with Crippen LogP contribution in [0.25, 0.3) is 130 Å². The molecule has 0 N–H and O–H groups in total. The van der Waals surface area contributed by atoms with Crippen molar-refractivity contribution in [1.82, 2.24) is 0 Å². The molecule has 262 valence electrons. The molecule has 0 bridgehead atoms. The molecule has 0 fully saturated rings. The van der Waals surface area contributed by atoms with Gasteiger partial charge >= 0.3 is 0 Å². The molecule has 0 unspecified atom stereocenters. The van der Waals surface area contributed by atoms with Crippen LogP contribution in [-0.2, 0) is 0 Å². The van der Waals surface area contributed by atoms with Gasteiger partial charge in [-0.15, -0.1) is 0 Å². The highest BCUT2D eigenvalue weighted by atomic mass is 14.3. The van der Waals surface area contributed by atoms with E-state index in [4.69, 9.17) is 0 Å². The highest BCUT2D eigenvalue weighted by Gasteiger charge is 2.27. The molecule has 0 spiro atoms. The Balaban J connectivity index is 1.37. The zero-order valence-corrected chi connectivity index (χ0v) is 31.4. The van der Waals surface area contributed by atoms with Gasteiger partial charge in [0.1, 0.15) is 0 Å². The summed E-state index contributed by atoms with van der Waals surface area (Å²) < 4.78 is 0.